The van der Waals surface area contributed by atoms with Crippen LogP contribution in [0.2, 0.25) is 0 Å². The molecule has 2 aliphatic carbocycles. The standard InChI is InChI=1S/C75H50/c1-47-48-21-14-15-30-54-41-63-67-45-72(75-58(51-26-10-4-11-27-51)37-20-38-59(75)52-28-12-5-13-29-52)70-44-65-61-40-18-33-53-32-17-39-60(73(53)61)64(65)43-66(70)68(67)46-71(69(63)42-62(54)55(47)34-16-31-48)74-56(49-22-6-2-7-23-49)35-19-36-57(74)50-24-8-3-9-25-50/h2-13,15-20,22-46H,14,21H2,1H3/b30-15+. The fourth-order valence-corrected chi connectivity index (χ4v) is 13.0. The van der Waals surface area contributed by atoms with Crippen LogP contribution in [0.5, 0.6) is 0 Å². The lowest BCUT2D eigenvalue weighted by atomic mass is 9.79. The van der Waals surface area contributed by atoms with Gasteiger partial charge in [-0.15, -0.1) is 0 Å². The summed E-state index contributed by atoms with van der Waals surface area (Å²) in [6, 6.07) is 93.8. The Morgan fingerprint density at radius 2 is 0.653 bits per heavy atom. The lowest BCUT2D eigenvalue weighted by molar-refractivity contribution is 0.993. The summed E-state index contributed by atoms with van der Waals surface area (Å²) in [4.78, 5) is 0. The maximum absolute atomic E-state index is 2.58. The van der Waals surface area contributed by atoms with Crippen LogP contribution < -0.4 is 0 Å². The SMILES string of the molecule is Cc1c2cccc1-c1cc3c(-c4c(-c5ccccc5)cccc4-c4ccccc4)cc4c5cc6c(cc5c(-c5c(-c7ccccc7)cccc5-c5ccccc5)cc4c3cc1/C=C/CC2)-c1cccc2cccc-6c12. The maximum atomic E-state index is 2.58. The minimum absolute atomic E-state index is 0.987. The van der Waals surface area contributed by atoms with Crippen molar-refractivity contribution in [2.45, 2.75) is 19.8 Å². The third-order valence-corrected chi connectivity index (χ3v) is 16.5. The lowest BCUT2D eigenvalue weighted by Crippen LogP contribution is -1.97. The van der Waals surface area contributed by atoms with Gasteiger partial charge in [-0.25, -0.2) is 0 Å². The molecule has 0 atom stereocenters. The maximum Gasteiger partial charge on any atom is -0.00204 e. The van der Waals surface area contributed by atoms with Crippen LogP contribution in [-0.2, 0) is 6.42 Å². The first kappa shape index (κ1) is 43.2. The highest BCUT2D eigenvalue weighted by Crippen LogP contribution is 2.54. The Bertz CT molecular complexity index is 4360. The first-order valence-corrected chi connectivity index (χ1v) is 26.5. The van der Waals surface area contributed by atoms with Gasteiger partial charge in [-0.2, -0.15) is 0 Å². The van der Waals surface area contributed by atoms with Crippen LogP contribution in [0.1, 0.15) is 23.1 Å². The summed E-state index contributed by atoms with van der Waals surface area (Å²) in [6.07, 6.45) is 6.81. The number of hydrogen-bond donors (Lipinski definition) is 0. The summed E-state index contributed by atoms with van der Waals surface area (Å²) in [5.74, 6) is 0. The summed E-state index contributed by atoms with van der Waals surface area (Å²) in [5, 5.41) is 10.1. The zero-order valence-corrected chi connectivity index (χ0v) is 41.7. The zero-order chi connectivity index (χ0) is 49.6. The van der Waals surface area contributed by atoms with E-state index >= 15 is 0 Å². The van der Waals surface area contributed by atoms with Gasteiger partial charge in [0.15, 0.2) is 0 Å². The molecule has 0 amide bonds. The van der Waals surface area contributed by atoms with E-state index in [4.69, 9.17) is 0 Å². The second-order valence-corrected chi connectivity index (χ2v) is 20.5. The van der Waals surface area contributed by atoms with Gasteiger partial charge >= 0.3 is 0 Å². The van der Waals surface area contributed by atoms with Gasteiger partial charge in [0.25, 0.3) is 0 Å². The van der Waals surface area contributed by atoms with Gasteiger partial charge in [0, 0.05) is 0 Å². The molecule has 15 rings (SSSR count). The number of hydrogen-bond acceptors (Lipinski definition) is 0. The summed E-state index contributed by atoms with van der Waals surface area (Å²) < 4.78 is 0. The smallest absolute Gasteiger partial charge is 0.00204 e. The Morgan fingerprint density at radius 1 is 0.280 bits per heavy atom. The molecule has 0 saturated heterocycles. The van der Waals surface area contributed by atoms with E-state index in [0.717, 1.165) is 12.8 Å². The van der Waals surface area contributed by atoms with Crippen molar-refractivity contribution in [1.29, 1.82) is 0 Å². The third kappa shape index (κ3) is 6.91. The van der Waals surface area contributed by atoms with E-state index in [1.807, 2.05) is 0 Å². The molecular weight excluding hydrogens is 901 g/mol. The fourth-order valence-electron chi connectivity index (χ4n) is 13.0. The van der Waals surface area contributed by atoms with Crippen molar-refractivity contribution in [3.63, 3.8) is 0 Å². The van der Waals surface area contributed by atoms with Crippen LogP contribution >= 0.6 is 0 Å². The molecule has 0 N–H and O–H groups in total. The zero-order valence-electron chi connectivity index (χ0n) is 41.7. The monoisotopic (exact) mass is 950 g/mol. The van der Waals surface area contributed by atoms with Crippen LogP contribution in [0, 0.1) is 6.92 Å². The van der Waals surface area contributed by atoms with Gasteiger partial charge < -0.3 is 0 Å². The largest absolute Gasteiger partial charge is 0.0836 e. The van der Waals surface area contributed by atoms with Crippen molar-refractivity contribution >= 4 is 49.2 Å². The number of rotatable bonds is 6. The van der Waals surface area contributed by atoms with E-state index in [2.05, 4.69) is 268 Å². The molecule has 0 aromatic heterocycles. The minimum Gasteiger partial charge on any atom is -0.0836 e. The van der Waals surface area contributed by atoms with Crippen molar-refractivity contribution in [3.8, 4) is 100 Å². The van der Waals surface area contributed by atoms with Crippen LogP contribution in [0.4, 0.5) is 0 Å². The summed E-state index contributed by atoms with van der Waals surface area (Å²) in [5.41, 5.74) is 26.4. The van der Waals surface area contributed by atoms with E-state index < -0.39 is 0 Å². The first-order valence-electron chi connectivity index (χ1n) is 26.5. The summed E-state index contributed by atoms with van der Waals surface area (Å²) >= 11 is 0. The molecular formula is C75H50. The van der Waals surface area contributed by atoms with Gasteiger partial charge in [-0.3, -0.25) is 0 Å². The number of benzene rings is 13. The Kier molecular flexibility index (Phi) is 10.0. The van der Waals surface area contributed by atoms with Gasteiger partial charge in [0.2, 0.25) is 0 Å². The topological polar surface area (TPSA) is 0 Å². The molecule has 0 heteroatoms. The summed E-state index contributed by atoms with van der Waals surface area (Å²) in [7, 11) is 0. The normalized spacial score (nSPS) is 12.9. The quantitative estimate of drug-likeness (QED) is 0.146. The first-order chi connectivity index (χ1) is 37.1. The van der Waals surface area contributed by atoms with Crippen LogP contribution in [0.3, 0.4) is 0 Å². The van der Waals surface area contributed by atoms with Crippen molar-refractivity contribution in [2.24, 2.45) is 0 Å². The number of allylic oxidation sites excluding steroid dienone is 1. The minimum atomic E-state index is 0.987. The molecule has 0 nitrogen and oxygen atoms in total. The molecule has 0 radical (unpaired) electrons. The molecule has 350 valence electrons. The Balaban J connectivity index is 1.17. The van der Waals surface area contributed by atoms with E-state index in [1.165, 1.54) is 160 Å². The van der Waals surface area contributed by atoms with Gasteiger partial charge in [0.05, 0.1) is 0 Å². The molecule has 0 spiro atoms. The number of fused-ring (bicyclic) bond motifs is 12. The fraction of sp³-hybridized carbons (Fsp3) is 0.0400. The molecule has 0 fully saturated rings. The highest BCUT2D eigenvalue weighted by Gasteiger charge is 2.28. The van der Waals surface area contributed by atoms with E-state index in [9.17, 15) is 0 Å². The van der Waals surface area contributed by atoms with Gasteiger partial charge in [-0.05, 0) is 216 Å². The van der Waals surface area contributed by atoms with Gasteiger partial charge in [0.1, 0.15) is 0 Å². The molecule has 13 aromatic carbocycles. The van der Waals surface area contributed by atoms with E-state index in [0.29, 0.717) is 0 Å². The molecule has 2 aliphatic rings. The Morgan fingerprint density at radius 3 is 1.15 bits per heavy atom. The molecule has 0 saturated carbocycles. The molecule has 0 heterocycles. The van der Waals surface area contributed by atoms with Crippen LogP contribution in [0.25, 0.3) is 149 Å². The average molecular weight is 951 g/mol. The second-order valence-electron chi connectivity index (χ2n) is 20.5. The Hall–Kier alpha value is -9.36. The van der Waals surface area contributed by atoms with Gasteiger partial charge in [-0.1, -0.05) is 224 Å². The highest BCUT2D eigenvalue weighted by molar-refractivity contribution is 6.29. The average Bonchev–Trinajstić information content (AvgIpc) is 3.80. The van der Waals surface area contributed by atoms with Crippen LogP contribution in [-0.4, -0.2) is 0 Å². The van der Waals surface area contributed by atoms with Crippen molar-refractivity contribution in [2.75, 3.05) is 0 Å². The molecule has 75 heavy (non-hydrogen) atoms. The highest BCUT2D eigenvalue weighted by atomic mass is 14.3. The Labute approximate surface area is 438 Å². The van der Waals surface area contributed by atoms with Crippen molar-refractivity contribution in [1.82, 2.24) is 0 Å². The molecule has 13 aromatic rings. The van der Waals surface area contributed by atoms with E-state index in [-0.39, 0.29) is 0 Å². The van der Waals surface area contributed by atoms with E-state index in [1.54, 1.807) is 0 Å². The second kappa shape index (κ2) is 17.4. The molecule has 0 aliphatic heterocycles. The summed E-state index contributed by atoms with van der Waals surface area (Å²) in [6.45, 7) is 2.33. The molecule has 2 bridgehead atoms. The third-order valence-electron chi connectivity index (χ3n) is 16.5. The number of aryl methyl sites for hydroxylation is 1. The van der Waals surface area contributed by atoms with Crippen molar-refractivity contribution < 1.29 is 0 Å². The predicted octanol–water partition coefficient (Wildman–Crippen LogP) is 20.9. The molecule has 0 unspecified atom stereocenters. The lowest BCUT2D eigenvalue weighted by Gasteiger charge is -2.23. The van der Waals surface area contributed by atoms with Crippen molar-refractivity contribution in [3.05, 3.63) is 271 Å². The predicted molar refractivity (Wildman–Crippen MR) is 321 cm³/mol. The van der Waals surface area contributed by atoms with Crippen LogP contribution in [0.15, 0.2) is 255 Å².